The summed E-state index contributed by atoms with van der Waals surface area (Å²) in [5, 5.41) is 3.65. The summed E-state index contributed by atoms with van der Waals surface area (Å²) in [5.74, 6) is 1.68. The summed E-state index contributed by atoms with van der Waals surface area (Å²) in [5.41, 5.74) is 7.24. The average molecular weight is 442 g/mol. The maximum atomic E-state index is 11.5. The summed E-state index contributed by atoms with van der Waals surface area (Å²) in [6, 6.07) is 17.7. The van der Waals surface area contributed by atoms with Crippen LogP contribution in [0.15, 0.2) is 60.7 Å². The molecular weight excluding hydrogens is 414 g/mol. The molecule has 0 fully saturated rings. The fourth-order valence-electron chi connectivity index (χ4n) is 5.01. The largest absolute Gasteiger partial charge is 0.496 e. The van der Waals surface area contributed by atoms with Crippen LogP contribution in [0, 0.1) is 0 Å². The number of esters is 1. The van der Waals surface area contributed by atoms with Gasteiger partial charge in [0, 0.05) is 29.3 Å². The molecule has 3 aromatic carbocycles. The third kappa shape index (κ3) is 3.63. The van der Waals surface area contributed by atoms with E-state index in [0.717, 1.165) is 45.0 Å². The monoisotopic (exact) mass is 441 g/mol. The molecule has 2 aliphatic rings. The molecule has 33 heavy (non-hydrogen) atoms. The average Bonchev–Trinajstić information content (AvgIpc) is 2.76. The number of methoxy groups -OCH3 is 1. The Kier molecular flexibility index (Phi) is 4.93. The zero-order chi connectivity index (χ0) is 23.3. The van der Waals surface area contributed by atoms with Crippen molar-refractivity contribution in [3.05, 3.63) is 77.4 Å². The van der Waals surface area contributed by atoms with Crippen molar-refractivity contribution >= 4 is 17.2 Å². The van der Waals surface area contributed by atoms with Gasteiger partial charge in [0.05, 0.1) is 18.2 Å². The number of benzene rings is 3. The van der Waals surface area contributed by atoms with Crippen LogP contribution in [0.2, 0.25) is 0 Å². The molecule has 0 radical (unpaired) electrons. The van der Waals surface area contributed by atoms with Gasteiger partial charge in [0.2, 0.25) is 0 Å². The highest BCUT2D eigenvalue weighted by molar-refractivity contribution is 5.91. The Morgan fingerprint density at radius 1 is 1.06 bits per heavy atom. The third-order valence-electron chi connectivity index (χ3n) is 6.08. The molecule has 5 rings (SSSR count). The lowest BCUT2D eigenvalue weighted by Crippen LogP contribution is -2.32. The van der Waals surface area contributed by atoms with Crippen molar-refractivity contribution in [2.45, 2.75) is 39.3 Å². The molecule has 0 spiro atoms. The maximum Gasteiger partial charge on any atom is 0.308 e. The molecule has 0 saturated carbocycles. The van der Waals surface area contributed by atoms with E-state index < -0.39 is 0 Å². The second-order valence-corrected chi connectivity index (χ2v) is 9.12. The van der Waals surface area contributed by atoms with E-state index in [0.29, 0.717) is 5.75 Å². The predicted molar refractivity (Wildman–Crippen MR) is 130 cm³/mol. The lowest BCUT2D eigenvalue weighted by atomic mass is 9.80. The van der Waals surface area contributed by atoms with Crippen molar-refractivity contribution in [1.29, 1.82) is 0 Å². The van der Waals surface area contributed by atoms with Gasteiger partial charge in [0.1, 0.15) is 17.2 Å². The molecule has 5 nitrogen and oxygen atoms in total. The van der Waals surface area contributed by atoms with E-state index in [4.69, 9.17) is 14.2 Å². The van der Waals surface area contributed by atoms with E-state index in [1.165, 1.54) is 12.5 Å². The summed E-state index contributed by atoms with van der Waals surface area (Å²) in [7, 11) is 1.68. The molecule has 0 aliphatic carbocycles. The molecule has 2 heterocycles. The van der Waals surface area contributed by atoms with Gasteiger partial charge in [-0.2, -0.15) is 0 Å². The summed E-state index contributed by atoms with van der Waals surface area (Å²) in [4.78, 5) is 11.5. The van der Waals surface area contributed by atoms with Crippen LogP contribution in [0.3, 0.4) is 0 Å². The van der Waals surface area contributed by atoms with E-state index in [2.05, 4.69) is 44.3 Å². The van der Waals surface area contributed by atoms with Crippen LogP contribution < -0.4 is 19.5 Å². The number of carbonyl (C=O) groups is 1. The number of ether oxygens (including phenoxy) is 3. The predicted octanol–water partition coefficient (Wildman–Crippen LogP) is 6.38. The molecule has 168 valence electrons. The molecule has 0 amide bonds. The Balaban J connectivity index is 1.78. The third-order valence-corrected chi connectivity index (χ3v) is 6.08. The van der Waals surface area contributed by atoms with E-state index in [1.54, 1.807) is 13.2 Å². The van der Waals surface area contributed by atoms with E-state index in [1.807, 2.05) is 36.4 Å². The van der Waals surface area contributed by atoms with Gasteiger partial charge < -0.3 is 19.5 Å². The molecular formula is C28H27NO4. The molecule has 3 aromatic rings. The highest BCUT2D eigenvalue weighted by atomic mass is 16.5. The number of nitrogens with one attached hydrogen (secondary N) is 1. The number of hydrogen-bond acceptors (Lipinski definition) is 5. The Morgan fingerprint density at radius 2 is 1.85 bits per heavy atom. The maximum absolute atomic E-state index is 11.5. The van der Waals surface area contributed by atoms with Gasteiger partial charge >= 0.3 is 5.97 Å². The second-order valence-electron chi connectivity index (χ2n) is 9.12. The highest BCUT2D eigenvalue weighted by Gasteiger charge is 2.35. The second kappa shape index (κ2) is 7.69. The quantitative estimate of drug-likeness (QED) is 0.378. The summed E-state index contributed by atoms with van der Waals surface area (Å²) in [6.07, 6.45) is 1.87. The van der Waals surface area contributed by atoms with Crippen molar-refractivity contribution < 1.29 is 19.0 Å². The minimum Gasteiger partial charge on any atom is -0.496 e. The van der Waals surface area contributed by atoms with Gasteiger partial charge in [-0.15, -0.1) is 0 Å². The zero-order valence-corrected chi connectivity index (χ0v) is 19.5. The molecule has 1 atom stereocenters. The van der Waals surface area contributed by atoms with Gasteiger partial charge in [-0.3, -0.25) is 4.79 Å². The first kappa shape index (κ1) is 21.1. The van der Waals surface area contributed by atoms with Crippen LogP contribution in [-0.4, -0.2) is 18.6 Å². The normalized spacial score (nSPS) is 17.4. The summed E-state index contributed by atoms with van der Waals surface area (Å²) >= 11 is 0. The molecule has 1 N–H and O–H groups in total. The SMILES string of the molecule is COc1cccc2c1-c1ccc3c(c1C(c1cccc(OC(C)=O)c1)O2)C(C)=CC(C)(C)N3. The van der Waals surface area contributed by atoms with Crippen LogP contribution in [0.25, 0.3) is 16.7 Å². The molecule has 5 heteroatoms. The summed E-state index contributed by atoms with van der Waals surface area (Å²) < 4.78 is 17.7. The van der Waals surface area contributed by atoms with Crippen LogP contribution in [-0.2, 0) is 4.79 Å². The zero-order valence-electron chi connectivity index (χ0n) is 19.5. The van der Waals surface area contributed by atoms with Crippen molar-refractivity contribution in [2.75, 3.05) is 12.4 Å². The Labute approximate surface area is 194 Å². The highest BCUT2D eigenvalue weighted by Crippen LogP contribution is 2.53. The number of rotatable bonds is 3. The number of allylic oxidation sites excluding steroid dienone is 1. The smallest absolute Gasteiger partial charge is 0.308 e. The van der Waals surface area contributed by atoms with Crippen molar-refractivity contribution in [2.24, 2.45) is 0 Å². The first-order chi connectivity index (χ1) is 15.8. The van der Waals surface area contributed by atoms with Crippen molar-refractivity contribution in [1.82, 2.24) is 0 Å². The summed E-state index contributed by atoms with van der Waals surface area (Å²) in [6.45, 7) is 7.87. The van der Waals surface area contributed by atoms with Crippen LogP contribution in [0.5, 0.6) is 17.2 Å². The molecule has 0 saturated heterocycles. The number of hydrogen-bond donors (Lipinski definition) is 1. The van der Waals surface area contributed by atoms with E-state index in [9.17, 15) is 4.79 Å². The minimum absolute atomic E-state index is 0.152. The molecule has 2 aliphatic heterocycles. The van der Waals surface area contributed by atoms with Gasteiger partial charge in [0.15, 0.2) is 6.10 Å². The standard InChI is InChI=1S/C28H27NO4/c1-16-15-28(3,4)29-21-13-12-20-25-22(31-5)10-7-11-23(25)33-27(26(20)24(16)21)18-8-6-9-19(14-18)32-17(2)30/h6-15,27,29H,1-5H3. The lowest BCUT2D eigenvalue weighted by Gasteiger charge is -2.37. The van der Waals surface area contributed by atoms with Crippen LogP contribution in [0.4, 0.5) is 5.69 Å². The Morgan fingerprint density at radius 3 is 2.61 bits per heavy atom. The van der Waals surface area contributed by atoms with Crippen LogP contribution >= 0.6 is 0 Å². The molecule has 0 aromatic heterocycles. The van der Waals surface area contributed by atoms with Gasteiger partial charge in [-0.25, -0.2) is 0 Å². The van der Waals surface area contributed by atoms with Crippen LogP contribution in [0.1, 0.15) is 50.5 Å². The molecule has 0 bridgehead atoms. The van der Waals surface area contributed by atoms with Gasteiger partial charge in [-0.1, -0.05) is 30.3 Å². The van der Waals surface area contributed by atoms with Crippen molar-refractivity contribution in [3.8, 4) is 28.4 Å². The van der Waals surface area contributed by atoms with Gasteiger partial charge in [0.25, 0.3) is 0 Å². The van der Waals surface area contributed by atoms with E-state index >= 15 is 0 Å². The fraction of sp³-hybridized carbons (Fsp3) is 0.250. The Bertz CT molecular complexity index is 1310. The topological polar surface area (TPSA) is 56.8 Å². The Hall–Kier alpha value is -3.73. The number of fused-ring (bicyclic) bond motifs is 5. The van der Waals surface area contributed by atoms with E-state index in [-0.39, 0.29) is 17.6 Å². The number of anilines is 1. The molecule has 1 unspecified atom stereocenters. The minimum atomic E-state index is -0.378. The lowest BCUT2D eigenvalue weighted by molar-refractivity contribution is -0.131. The number of carbonyl (C=O) groups excluding carboxylic acids is 1. The van der Waals surface area contributed by atoms with Gasteiger partial charge in [-0.05, 0) is 62.2 Å². The first-order valence-electron chi connectivity index (χ1n) is 11.0. The first-order valence-corrected chi connectivity index (χ1v) is 11.0. The fourth-order valence-corrected chi connectivity index (χ4v) is 5.01. The van der Waals surface area contributed by atoms with Crippen molar-refractivity contribution in [3.63, 3.8) is 0 Å².